The first-order valence-electron chi connectivity index (χ1n) is 8.80. The predicted octanol–water partition coefficient (Wildman–Crippen LogP) is 1.99. The third kappa shape index (κ3) is 2.87. The quantitative estimate of drug-likeness (QED) is 0.461. The average Bonchev–Trinajstić information content (AvgIpc) is 3.24. The van der Waals surface area contributed by atoms with Gasteiger partial charge in [-0.1, -0.05) is 23.5 Å². The first-order chi connectivity index (χ1) is 13.9. The molecule has 0 saturated carbocycles. The number of hydrogen-bond acceptors (Lipinski definition) is 7. The molecule has 4 rings (SSSR count). The van der Waals surface area contributed by atoms with E-state index >= 15 is 0 Å². The van der Waals surface area contributed by atoms with Gasteiger partial charge in [0.15, 0.2) is 0 Å². The van der Waals surface area contributed by atoms with Crippen molar-refractivity contribution in [2.24, 2.45) is 7.05 Å². The third-order valence-corrected chi connectivity index (χ3v) is 6.98. The van der Waals surface area contributed by atoms with Crippen LogP contribution in [0.2, 0.25) is 0 Å². The van der Waals surface area contributed by atoms with Crippen molar-refractivity contribution in [3.63, 3.8) is 0 Å². The van der Waals surface area contributed by atoms with Crippen molar-refractivity contribution in [2.45, 2.75) is 20.0 Å². The summed E-state index contributed by atoms with van der Waals surface area (Å²) in [6.07, 6.45) is 0. The van der Waals surface area contributed by atoms with Gasteiger partial charge in [0, 0.05) is 18.5 Å². The van der Waals surface area contributed by atoms with Gasteiger partial charge in [-0.25, -0.2) is 9.59 Å². The average molecular weight is 431 g/mol. The van der Waals surface area contributed by atoms with E-state index < -0.39 is 17.2 Å². The minimum atomic E-state index is -0.669. The van der Waals surface area contributed by atoms with Crippen LogP contribution in [0.15, 0.2) is 38.6 Å². The Morgan fingerprint density at radius 2 is 1.83 bits per heavy atom. The van der Waals surface area contributed by atoms with Crippen molar-refractivity contribution in [1.29, 1.82) is 0 Å². The van der Waals surface area contributed by atoms with Crippen LogP contribution in [-0.2, 0) is 24.9 Å². The molecule has 0 spiro atoms. The molecule has 0 aliphatic carbocycles. The summed E-state index contributed by atoms with van der Waals surface area (Å²) in [6, 6.07) is 7.38. The molecular formula is C19H17N3O5S2. The van der Waals surface area contributed by atoms with E-state index in [-0.39, 0.29) is 22.4 Å². The monoisotopic (exact) mass is 431 g/mol. The fraction of sp³-hybridized carbons (Fsp3) is 0.263. The van der Waals surface area contributed by atoms with Gasteiger partial charge in [-0.05, 0) is 19.1 Å². The number of nitrogens with zero attached hydrogens (tertiary/aromatic N) is 3. The molecule has 0 bridgehead atoms. The summed E-state index contributed by atoms with van der Waals surface area (Å²) in [7, 11) is 2.62. The maximum atomic E-state index is 12.8. The van der Waals surface area contributed by atoms with E-state index in [0.29, 0.717) is 16.3 Å². The van der Waals surface area contributed by atoms with Crippen LogP contribution in [0.25, 0.3) is 20.4 Å². The number of aromatic nitrogens is 3. The Bertz CT molecular complexity index is 1450. The van der Waals surface area contributed by atoms with Crippen LogP contribution in [0.1, 0.15) is 22.2 Å². The minimum absolute atomic E-state index is 0.105. The molecule has 0 fully saturated rings. The van der Waals surface area contributed by atoms with Crippen molar-refractivity contribution in [1.82, 2.24) is 13.7 Å². The highest BCUT2D eigenvalue weighted by Crippen LogP contribution is 2.31. The molecule has 29 heavy (non-hydrogen) atoms. The van der Waals surface area contributed by atoms with Crippen molar-refractivity contribution in [3.05, 3.63) is 65.2 Å². The molecule has 8 nitrogen and oxygen atoms in total. The second-order valence-electron chi connectivity index (χ2n) is 6.38. The highest BCUT2D eigenvalue weighted by molar-refractivity contribution is 7.19. The second-order valence-corrected chi connectivity index (χ2v) is 8.46. The summed E-state index contributed by atoms with van der Waals surface area (Å²) in [4.78, 5) is 51.2. The molecule has 0 aliphatic heterocycles. The molecule has 0 N–H and O–H groups in total. The fourth-order valence-corrected chi connectivity index (χ4v) is 5.61. The lowest BCUT2D eigenvalue weighted by atomic mass is 10.2. The molecule has 3 aromatic heterocycles. The van der Waals surface area contributed by atoms with Crippen LogP contribution in [0.5, 0.6) is 0 Å². The highest BCUT2D eigenvalue weighted by Gasteiger charge is 2.26. The number of hydrogen-bond donors (Lipinski definition) is 0. The molecule has 0 unspecified atom stereocenters. The predicted molar refractivity (Wildman–Crippen MR) is 114 cm³/mol. The molecule has 0 radical (unpaired) electrons. The van der Waals surface area contributed by atoms with Gasteiger partial charge in [0.2, 0.25) is 0 Å². The Kier molecular flexibility index (Phi) is 4.75. The number of benzene rings is 1. The Morgan fingerprint density at radius 1 is 1.10 bits per heavy atom. The lowest BCUT2D eigenvalue weighted by molar-refractivity contribution is 0.0602. The van der Waals surface area contributed by atoms with Gasteiger partial charge in [0.05, 0.1) is 34.8 Å². The fourth-order valence-electron chi connectivity index (χ4n) is 3.39. The van der Waals surface area contributed by atoms with Crippen LogP contribution in [-0.4, -0.2) is 26.8 Å². The maximum absolute atomic E-state index is 12.8. The van der Waals surface area contributed by atoms with Gasteiger partial charge in [0.25, 0.3) is 5.56 Å². The Balaban J connectivity index is 2.07. The van der Waals surface area contributed by atoms with E-state index in [1.54, 1.807) is 11.5 Å². The largest absolute Gasteiger partial charge is 0.465 e. The Morgan fingerprint density at radius 3 is 2.52 bits per heavy atom. The number of ether oxygens (including phenoxy) is 1. The molecule has 150 valence electrons. The number of methoxy groups -OCH3 is 1. The zero-order valence-corrected chi connectivity index (χ0v) is 17.6. The van der Waals surface area contributed by atoms with E-state index in [1.807, 2.05) is 24.3 Å². The zero-order chi connectivity index (χ0) is 20.9. The zero-order valence-electron chi connectivity index (χ0n) is 15.9. The van der Waals surface area contributed by atoms with Crippen molar-refractivity contribution in [3.8, 4) is 0 Å². The lowest BCUT2D eigenvalue weighted by Gasteiger charge is -2.07. The van der Waals surface area contributed by atoms with Crippen LogP contribution in [0, 0.1) is 0 Å². The topological polar surface area (TPSA) is 92.3 Å². The Hall–Kier alpha value is -2.98. The summed E-state index contributed by atoms with van der Waals surface area (Å²) in [5.41, 5.74) is -0.151. The van der Waals surface area contributed by atoms with Crippen LogP contribution < -0.4 is 16.1 Å². The van der Waals surface area contributed by atoms with Gasteiger partial charge in [-0.15, -0.1) is 11.3 Å². The van der Waals surface area contributed by atoms with Gasteiger partial charge >= 0.3 is 16.5 Å². The molecule has 0 aliphatic rings. The summed E-state index contributed by atoms with van der Waals surface area (Å²) in [5, 5.41) is 0.147. The summed E-state index contributed by atoms with van der Waals surface area (Å²) < 4.78 is 9.76. The van der Waals surface area contributed by atoms with Gasteiger partial charge in [0.1, 0.15) is 4.83 Å². The van der Waals surface area contributed by atoms with Crippen LogP contribution in [0.4, 0.5) is 0 Å². The lowest BCUT2D eigenvalue weighted by Crippen LogP contribution is -2.37. The summed E-state index contributed by atoms with van der Waals surface area (Å²) in [5.74, 6) is -0.669. The smallest absolute Gasteiger partial charge is 0.339 e. The molecule has 3 heterocycles. The highest BCUT2D eigenvalue weighted by atomic mass is 32.1. The number of carbonyl (C=O) groups excluding carboxylic acids is 1. The number of para-hydroxylation sites is 1. The molecule has 0 amide bonds. The number of aryl methyl sites for hydroxylation is 1. The van der Waals surface area contributed by atoms with E-state index in [1.165, 1.54) is 30.1 Å². The van der Waals surface area contributed by atoms with Crippen molar-refractivity contribution in [2.75, 3.05) is 7.11 Å². The summed E-state index contributed by atoms with van der Waals surface area (Å²) >= 11 is 2.28. The van der Waals surface area contributed by atoms with Crippen molar-refractivity contribution < 1.29 is 9.53 Å². The first kappa shape index (κ1) is 19.3. The van der Waals surface area contributed by atoms with Gasteiger partial charge in [-0.2, -0.15) is 0 Å². The maximum Gasteiger partial charge on any atom is 0.339 e. The SMILES string of the molecule is CCn1c(=O)n(C)c(=O)c2c(C(=O)OC)c(Cn3c(=O)sc4ccccc43)sc21. The third-order valence-electron chi connectivity index (χ3n) is 4.83. The van der Waals surface area contributed by atoms with Gasteiger partial charge in [-0.3, -0.25) is 23.3 Å². The molecular weight excluding hydrogens is 414 g/mol. The Labute approximate surface area is 171 Å². The molecule has 1 aromatic carbocycles. The van der Waals surface area contributed by atoms with E-state index in [4.69, 9.17) is 4.74 Å². The number of thiophene rings is 1. The first-order valence-corrected chi connectivity index (χ1v) is 10.4. The molecule has 0 saturated heterocycles. The normalized spacial score (nSPS) is 11.4. The molecule has 4 aromatic rings. The standard InChI is InChI=1S/C19H17N3O5S2/c1-4-21-16-14(15(23)20(2)18(21)25)13(17(24)27-3)12(28-16)9-22-10-7-5-6-8-11(10)29-19(22)26/h5-8H,4,9H2,1-3H3. The van der Waals surface area contributed by atoms with Gasteiger partial charge < -0.3 is 4.74 Å². The van der Waals surface area contributed by atoms with Crippen molar-refractivity contribution >= 4 is 49.1 Å². The van der Waals surface area contributed by atoms with Crippen LogP contribution >= 0.6 is 22.7 Å². The van der Waals surface area contributed by atoms with E-state index in [9.17, 15) is 19.2 Å². The molecule has 10 heteroatoms. The second kappa shape index (κ2) is 7.12. The van der Waals surface area contributed by atoms with Crippen LogP contribution in [0.3, 0.4) is 0 Å². The summed E-state index contributed by atoms with van der Waals surface area (Å²) in [6.45, 7) is 2.23. The number of fused-ring (bicyclic) bond motifs is 2. The number of carbonyl (C=O) groups is 1. The number of thiazole rings is 1. The van der Waals surface area contributed by atoms with E-state index in [2.05, 4.69) is 0 Å². The minimum Gasteiger partial charge on any atom is -0.465 e. The van der Waals surface area contributed by atoms with E-state index in [0.717, 1.165) is 26.1 Å². The number of esters is 1. The molecule has 0 atom stereocenters. The number of rotatable bonds is 4.